The summed E-state index contributed by atoms with van der Waals surface area (Å²) in [6.45, 7) is 2.11. The van der Waals surface area contributed by atoms with Gasteiger partial charge >= 0.3 is 0 Å². The molecule has 0 amide bonds. The highest BCUT2D eigenvalue weighted by molar-refractivity contribution is 6.32. The standard InChI is InChI=1S/C21H17ClN4/c1-15(16-8-7-13-23-14-16)26(17-9-3-2-4-10-17)21-20(22)24-18-11-5-6-12-19(18)25-21/h2-15H,1H3/t15-/m0/s1. The molecule has 0 unspecified atom stereocenters. The van der Waals surface area contributed by atoms with Crippen LogP contribution in [0.1, 0.15) is 18.5 Å². The van der Waals surface area contributed by atoms with Gasteiger partial charge in [-0.3, -0.25) is 4.98 Å². The van der Waals surface area contributed by atoms with Gasteiger partial charge in [0.25, 0.3) is 0 Å². The predicted molar refractivity (Wildman–Crippen MR) is 106 cm³/mol. The molecule has 0 aliphatic carbocycles. The average molecular weight is 361 g/mol. The number of rotatable bonds is 4. The quantitative estimate of drug-likeness (QED) is 0.476. The smallest absolute Gasteiger partial charge is 0.172 e. The molecule has 0 fully saturated rings. The zero-order valence-electron chi connectivity index (χ0n) is 14.2. The van der Waals surface area contributed by atoms with Gasteiger partial charge in [0, 0.05) is 18.1 Å². The molecule has 26 heavy (non-hydrogen) atoms. The van der Waals surface area contributed by atoms with Crippen LogP contribution in [0.5, 0.6) is 0 Å². The molecule has 0 saturated carbocycles. The summed E-state index contributed by atoms with van der Waals surface area (Å²) in [4.78, 5) is 15.7. The van der Waals surface area contributed by atoms with E-state index in [1.54, 1.807) is 6.20 Å². The number of hydrogen-bond donors (Lipinski definition) is 0. The van der Waals surface area contributed by atoms with Crippen molar-refractivity contribution in [3.05, 3.63) is 89.8 Å². The van der Waals surface area contributed by atoms with E-state index in [4.69, 9.17) is 16.6 Å². The lowest BCUT2D eigenvalue weighted by molar-refractivity contribution is 0.758. The number of benzene rings is 2. The molecular weight excluding hydrogens is 344 g/mol. The van der Waals surface area contributed by atoms with Crippen molar-refractivity contribution in [1.29, 1.82) is 0 Å². The van der Waals surface area contributed by atoms with Crippen molar-refractivity contribution in [2.45, 2.75) is 13.0 Å². The van der Waals surface area contributed by atoms with Gasteiger partial charge in [-0.25, -0.2) is 9.97 Å². The van der Waals surface area contributed by atoms with Gasteiger partial charge < -0.3 is 4.90 Å². The van der Waals surface area contributed by atoms with E-state index in [-0.39, 0.29) is 6.04 Å². The lowest BCUT2D eigenvalue weighted by Gasteiger charge is -2.31. The number of anilines is 2. The summed E-state index contributed by atoms with van der Waals surface area (Å²) in [5.74, 6) is 0.632. The third-order valence-corrected chi connectivity index (χ3v) is 4.58. The van der Waals surface area contributed by atoms with E-state index in [1.165, 1.54) is 0 Å². The maximum atomic E-state index is 6.55. The number of hydrogen-bond acceptors (Lipinski definition) is 4. The minimum Gasteiger partial charge on any atom is -0.317 e. The van der Waals surface area contributed by atoms with Crippen LogP contribution in [0.4, 0.5) is 11.5 Å². The number of para-hydroxylation sites is 3. The van der Waals surface area contributed by atoms with Crippen LogP contribution in [0.25, 0.3) is 11.0 Å². The molecular formula is C21H17ClN4. The molecule has 4 rings (SSSR count). The largest absolute Gasteiger partial charge is 0.317 e. The van der Waals surface area contributed by atoms with E-state index in [9.17, 15) is 0 Å². The molecule has 5 heteroatoms. The summed E-state index contributed by atoms with van der Waals surface area (Å²) < 4.78 is 0. The van der Waals surface area contributed by atoms with E-state index < -0.39 is 0 Å². The van der Waals surface area contributed by atoms with E-state index in [0.29, 0.717) is 11.0 Å². The number of fused-ring (bicyclic) bond motifs is 1. The summed E-state index contributed by atoms with van der Waals surface area (Å²) in [5.41, 5.74) is 3.66. The maximum absolute atomic E-state index is 6.55. The molecule has 0 aliphatic rings. The topological polar surface area (TPSA) is 41.9 Å². The van der Waals surface area contributed by atoms with Crippen molar-refractivity contribution < 1.29 is 0 Å². The fourth-order valence-electron chi connectivity index (χ4n) is 3.01. The lowest BCUT2D eigenvalue weighted by atomic mass is 10.1. The van der Waals surface area contributed by atoms with Crippen molar-refractivity contribution in [2.75, 3.05) is 4.90 Å². The molecule has 2 aromatic carbocycles. The fraction of sp³-hybridized carbons (Fsp3) is 0.0952. The van der Waals surface area contributed by atoms with Crippen LogP contribution in [-0.4, -0.2) is 15.0 Å². The summed E-state index contributed by atoms with van der Waals surface area (Å²) in [6, 6.07) is 21.8. The Balaban J connectivity index is 1.90. The molecule has 2 heterocycles. The average Bonchev–Trinajstić information content (AvgIpc) is 2.70. The molecule has 4 aromatic rings. The van der Waals surface area contributed by atoms with Gasteiger partial charge in [0.05, 0.1) is 17.1 Å². The molecule has 0 saturated heterocycles. The summed E-state index contributed by atoms with van der Waals surface area (Å²) in [6.07, 6.45) is 3.63. The Bertz CT molecular complexity index is 1020. The Morgan fingerprint density at radius 3 is 2.23 bits per heavy atom. The van der Waals surface area contributed by atoms with Crippen LogP contribution in [0.2, 0.25) is 5.15 Å². The van der Waals surface area contributed by atoms with Crippen LogP contribution in [0.15, 0.2) is 79.1 Å². The molecule has 0 aliphatic heterocycles. The Morgan fingerprint density at radius 1 is 0.846 bits per heavy atom. The second kappa shape index (κ2) is 7.10. The van der Waals surface area contributed by atoms with Crippen molar-refractivity contribution in [1.82, 2.24) is 15.0 Å². The highest BCUT2D eigenvalue weighted by atomic mass is 35.5. The van der Waals surface area contributed by atoms with Crippen molar-refractivity contribution in [3.8, 4) is 0 Å². The van der Waals surface area contributed by atoms with Crippen LogP contribution in [0.3, 0.4) is 0 Å². The molecule has 0 bridgehead atoms. The first-order chi connectivity index (χ1) is 12.7. The van der Waals surface area contributed by atoms with Crippen molar-refractivity contribution in [3.63, 3.8) is 0 Å². The summed E-state index contributed by atoms with van der Waals surface area (Å²) in [7, 11) is 0. The zero-order valence-corrected chi connectivity index (χ0v) is 15.0. The van der Waals surface area contributed by atoms with Gasteiger partial charge in [0.15, 0.2) is 11.0 Å². The second-order valence-electron chi connectivity index (χ2n) is 5.99. The van der Waals surface area contributed by atoms with E-state index in [2.05, 4.69) is 27.9 Å². The Kier molecular flexibility index (Phi) is 4.50. The minimum atomic E-state index is -0.0148. The predicted octanol–water partition coefficient (Wildman–Crippen LogP) is 5.58. The third-order valence-electron chi connectivity index (χ3n) is 4.33. The first-order valence-corrected chi connectivity index (χ1v) is 8.78. The normalized spacial score (nSPS) is 12.1. The molecule has 1 atom stereocenters. The zero-order chi connectivity index (χ0) is 17.9. The van der Waals surface area contributed by atoms with Gasteiger partial charge in [-0.2, -0.15) is 0 Å². The molecule has 0 spiro atoms. The number of aromatic nitrogens is 3. The number of nitrogens with zero attached hydrogens (tertiary/aromatic N) is 4. The van der Waals surface area contributed by atoms with E-state index in [0.717, 1.165) is 22.3 Å². The monoisotopic (exact) mass is 360 g/mol. The minimum absolute atomic E-state index is 0.0148. The van der Waals surface area contributed by atoms with E-state index in [1.807, 2.05) is 66.9 Å². The maximum Gasteiger partial charge on any atom is 0.172 e. The van der Waals surface area contributed by atoms with Crippen LogP contribution < -0.4 is 4.90 Å². The van der Waals surface area contributed by atoms with Gasteiger partial charge in [0.2, 0.25) is 0 Å². The molecule has 128 valence electrons. The van der Waals surface area contributed by atoms with Crippen molar-refractivity contribution in [2.24, 2.45) is 0 Å². The molecule has 0 radical (unpaired) electrons. The Hall–Kier alpha value is -2.98. The molecule has 0 N–H and O–H groups in total. The summed E-state index contributed by atoms with van der Waals surface area (Å²) in [5, 5.41) is 0.378. The fourth-order valence-corrected chi connectivity index (χ4v) is 3.24. The summed E-state index contributed by atoms with van der Waals surface area (Å²) >= 11 is 6.55. The van der Waals surface area contributed by atoms with Gasteiger partial charge in [-0.1, -0.05) is 48.0 Å². The van der Waals surface area contributed by atoms with Crippen LogP contribution >= 0.6 is 11.6 Å². The second-order valence-corrected chi connectivity index (χ2v) is 6.35. The third kappa shape index (κ3) is 3.11. The number of pyridine rings is 1. The molecule has 4 nitrogen and oxygen atoms in total. The van der Waals surface area contributed by atoms with E-state index >= 15 is 0 Å². The highest BCUT2D eigenvalue weighted by Gasteiger charge is 2.23. The van der Waals surface area contributed by atoms with Crippen LogP contribution in [-0.2, 0) is 0 Å². The Labute approximate surface area is 157 Å². The highest BCUT2D eigenvalue weighted by Crippen LogP contribution is 2.37. The SMILES string of the molecule is C[C@@H](c1cccnc1)N(c1ccccc1)c1nc2ccccc2nc1Cl. The molecule has 2 aromatic heterocycles. The van der Waals surface area contributed by atoms with Gasteiger partial charge in [-0.15, -0.1) is 0 Å². The first kappa shape index (κ1) is 16.5. The van der Waals surface area contributed by atoms with Gasteiger partial charge in [-0.05, 0) is 42.8 Å². The van der Waals surface area contributed by atoms with Crippen LogP contribution in [0, 0.1) is 0 Å². The first-order valence-electron chi connectivity index (χ1n) is 8.40. The Morgan fingerprint density at radius 2 is 1.54 bits per heavy atom. The van der Waals surface area contributed by atoms with Crippen molar-refractivity contribution >= 4 is 34.1 Å². The lowest BCUT2D eigenvalue weighted by Crippen LogP contribution is -2.23. The van der Waals surface area contributed by atoms with Gasteiger partial charge in [0.1, 0.15) is 0 Å². The number of halogens is 1.